The quantitative estimate of drug-likeness (QED) is 0.584. The number of anilines is 2. The van der Waals surface area contributed by atoms with E-state index in [1.165, 1.54) is 5.69 Å². The molecule has 0 bridgehead atoms. The second-order valence-corrected chi connectivity index (χ2v) is 4.64. The van der Waals surface area contributed by atoms with Crippen LogP contribution in [-0.4, -0.2) is 26.3 Å². The molecular weight excluding hydrogens is 212 g/mol. The molecule has 17 heavy (non-hydrogen) atoms. The Labute approximate surface area is 105 Å². The van der Waals surface area contributed by atoms with E-state index >= 15 is 0 Å². The Morgan fingerprint density at radius 2 is 1.88 bits per heavy atom. The van der Waals surface area contributed by atoms with Gasteiger partial charge in [0, 0.05) is 31.1 Å². The molecule has 3 nitrogen and oxygen atoms in total. The van der Waals surface area contributed by atoms with Crippen LogP contribution in [-0.2, 0) is 4.74 Å². The zero-order valence-electron chi connectivity index (χ0n) is 11.1. The van der Waals surface area contributed by atoms with Crippen LogP contribution in [0.1, 0.15) is 20.8 Å². The summed E-state index contributed by atoms with van der Waals surface area (Å²) < 4.78 is 5.61. The van der Waals surface area contributed by atoms with E-state index in [1.807, 2.05) is 12.1 Å². The van der Waals surface area contributed by atoms with Crippen LogP contribution >= 0.6 is 0 Å². The van der Waals surface area contributed by atoms with E-state index in [0.29, 0.717) is 5.92 Å². The fraction of sp³-hybridized carbons (Fsp3) is 0.571. The third-order valence-corrected chi connectivity index (χ3v) is 2.60. The highest BCUT2D eigenvalue weighted by Gasteiger charge is 2.03. The van der Waals surface area contributed by atoms with Gasteiger partial charge in [-0.15, -0.1) is 0 Å². The van der Waals surface area contributed by atoms with Crippen LogP contribution in [0.15, 0.2) is 24.3 Å². The zero-order chi connectivity index (χ0) is 12.7. The number of ether oxygens (including phenoxy) is 1. The highest BCUT2D eigenvalue weighted by molar-refractivity contribution is 5.52. The van der Waals surface area contributed by atoms with Crippen LogP contribution in [0.2, 0.25) is 0 Å². The lowest BCUT2D eigenvalue weighted by Crippen LogP contribution is -2.27. The van der Waals surface area contributed by atoms with Crippen molar-refractivity contribution in [1.82, 2.24) is 0 Å². The lowest BCUT2D eigenvalue weighted by Gasteiger charge is -2.23. The van der Waals surface area contributed by atoms with Gasteiger partial charge >= 0.3 is 0 Å². The zero-order valence-corrected chi connectivity index (χ0v) is 11.1. The molecule has 0 aromatic heterocycles. The second kappa shape index (κ2) is 7.17. The molecule has 0 atom stereocenters. The molecule has 1 rings (SSSR count). The van der Waals surface area contributed by atoms with Crippen molar-refractivity contribution >= 4 is 11.4 Å². The number of benzene rings is 1. The number of hydrogen-bond donors (Lipinski definition) is 1. The third-order valence-electron chi connectivity index (χ3n) is 2.60. The minimum Gasteiger partial charge on any atom is -0.399 e. The summed E-state index contributed by atoms with van der Waals surface area (Å²) in [6.45, 7) is 9.99. The van der Waals surface area contributed by atoms with Gasteiger partial charge in [0.1, 0.15) is 0 Å². The first kappa shape index (κ1) is 13.8. The number of rotatable bonds is 7. The summed E-state index contributed by atoms with van der Waals surface area (Å²) in [5, 5.41) is 0. The van der Waals surface area contributed by atoms with E-state index in [2.05, 4.69) is 37.8 Å². The fourth-order valence-electron chi connectivity index (χ4n) is 1.65. The maximum absolute atomic E-state index is 5.68. The van der Waals surface area contributed by atoms with Gasteiger partial charge in [0.05, 0.1) is 6.61 Å². The molecule has 0 radical (unpaired) electrons. The SMILES string of the molecule is CCN(CCOCC(C)C)c1ccc(N)cc1. The lowest BCUT2D eigenvalue weighted by molar-refractivity contribution is 0.115. The molecule has 0 heterocycles. The predicted molar refractivity (Wildman–Crippen MR) is 74.4 cm³/mol. The van der Waals surface area contributed by atoms with E-state index < -0.39 is 0 Å². The summed E-state index contributed by atoms with van der Waals surface area (Å²) >= 11 is 0. The van der Waals surface area contributed by atoms with Gasteiger partial charge in [-0.05, 0) is 37.1 Å². The van der Waals surface area contributed by atoms with E-state index in [9.17, 15) is 0 Å². The largest absolute Gasteiger partial charge is 0.399 e. The van der Waals surface area contributed by atoms with Gasteiger partial charge in [0.2, 0.25) is 0 Å². The van der Waals surface area contributed by atoms with Crippen molar-refractivity contribution in [3.05, 3.63) is 24.3 Å². The van der Waals surface area contributed by atoms with Gasteiger partial charge in [0.15, 0.2) is 0 Å². The Bertz CT molecular complexity index is 309. The first-order valence-corrected chi connectivity index (χ1v) is 6.31. The molecule has 0 fully saturated rings. The second-order valence-electron chi connectivity index (χ2n) is 4.64. The Morgan fingerprint density at radius 3 is 2.41 bits per heavy atom. The van der Waals surface area contributed by atoms with Crippen LogP contribution in [0.3, 0.4) is 0 Å². The first-order chi connectivity index (χ1) is 8.13. The highest BCUT2D eigenvalue weighted by Crippen LogP contribution is 2.15. The standard InChI is InChI=1S/C14H24N2O/c1-4-16(9-10-17-11-12(2)3)14-7-5-13(15)6-8-14/h5-8,12H,4,9-11,15H2,1-3H3. The number of likely N-dealkylation sites (N-methyl/N-ethyl adjacent to an activating group) is 1. The van der Waals surface area contributed by atoms with Crippen molar-refractivity contribution in [2.45, 2.75) is 20.8 Å². The summed E-state index contributed by atoms with van der Waals surface area (Å²) in [7, 11) is 0. The minimum absolute atomic E-state index is 0.599. The van der Waals surface area contributed by atoms with Crippen molar-refractivity contribution in [3.8, 4) is 0 Å². The molecule has 0 saturated carbocycles. The van der Waals surface area contributed by atoms with Crippen molar-refractivity contribution in [2.75, 3.05) is 36.9 Å². The summed E-state index contributed by atoms with van der Waals surface area (Å²) in [6, 6.07) is 7.99. The lowest BCUT2D eigenvalue weighted by atomic mass is 10.2. The maximum atomic E-state index is 5.68. The Kier molecular flexibility index (Phi) is 5.84. The summed E-state index contributed by atoms with van der Waals surface area (Å²) in [6.07, 6.45) is 0. The molecule has 3 heteroatoms. The fourth-order valence-corrected chi connectivity index (χ4v) is 1.65. The van der Waals surface area contributed by atoms with Gasteiger partial charge in [-0.3, -0.25) is 0 Å². The monoisotopic (exact) mass is 236 g/mol. The Balaban J connectivity index is 2.40. The summed E-state index contributed by atoms with van der Waals surface area (Å²) in [5.41, 5.74) is 7.69. The van der Waals surface area contributed by atoms with Gasteiger partial charge < -0.3 is 15.4 Å². The number of nitrogens with two attached hydrogens (primary N) is 1. The van der Waals surface area contributed by atoms with Crippen LogP contribution in [0.4, 0.5) is 11.4 Å². The van der Waals surface area contributed by atoms with Crippen LogP contribution in [0.5, 0.6) is 0 Å². The Hall–Kier alpha value is -1.22. The molecule has 1 aromatic carbocycles. The summed E-state index contributed by atoms with van der Waals surface area (Å²) in [5.74, 6) is 0.599. The molecule has 1 aromatic rings. The number of nitrogens with zero attached hydrogens (tertiary/aromatic N) is 1. The molecule has 2 N–H and O–H groups in total. The molecule has 0 aliphatic rings. The number of hydrogen-bond acceptors (Lipinski definition) is 3. The number of nitrogen functional groups attached to an aromatic ring is 1. The average molecular weight is 236 g/mol. The normalized spacial score (nSPS) is 10.8. The summed E-state index contributed by atoms with van der Waals surface area (Å²) in [4.78, 5) is 2.29. The van der Waals surface area contributed by atoms with Crippen molar-refractivity contribution < 1.29 is 4.74 Å². The van der Waals surface area contributed by atoms with Gasteiger partial charge in [0.25, 0.3) is 0 Å². The van der Waals surface area contributed by atoms with Gasteiger partial charge in [-0.2, -0.15) is 0 Å². The predicted octanol–water partition coefficient (Wildman–Crippen LogP) is 2.77. The van der Waals surface area contributed by atoms with Gasteiger partial charge in [-0.1, -0.05) is 13.8 Å². The molecule has 0 spiro atoms. The van der Waals surface area contributed by atoms with Crippen LogP contribution in [0.25, 0.3) is 0 Å². The van der Waals surface area contributed by atoms with Crippen LogP contribution < -0.4 is 10.6 Å². The van der Waals surface area contributed by atoms with Crippen molar-refractivity contribution in [2.24, 2.45) is 5.92 Å². The maximum Gasteiger partial charge on any atom is 0.0641 e. The van der Waals surface area contributed by atoms with E-state index in [4.69, 9.17) is 10.5 Å². The van der Waals surface area contributed by atoms with E-state index in [-0.39, 0.29) is 0 Å². The minimum atomic E-state index is 0.599. The van der Waals surface area contributed by atoms with Crippen molar-refractivity contribution in [1.29, 1.82) is 0 Å². The molecule has 0 saturated heterocycles. The molecule has 0 amide bonds. The third kappa shape index (κ3) is 5.09. The molecule has 0 aliphatic carbocycles. The smallest absolute Gasteiger partial charge is 0.0641 e. The van der Waals surface area contributed by atoms with Crippen molar-refractivity contribution in [3.63, 3.8) is 0 Å². The molecular formula is C14H24N2O. The first-order valence-electron chi connectivity index (χ1n) is 6.31. The van der Waals surface area contributed by atoms with Gasteiger partial charge in [-0.25, -0.2) is 0 Å². The topological polar surface area (TPSA) is 38.5 Å². The molecule has 96 valence electrons. The highest BCUT2D eigenvalue weighted by atomic mass is 16.5. The van der Waals surface area contributed by atoms with Crippen LogP contribution in [0, 0.1) is 5.92 Å². The molecule has 0 unspecified atom stereocenters. The average Bonchev–Trinajstić information content (AvgIpc) is 2.30. The molecule has 0 aliphatic heterocycles. The Morgan fingerprint density at radius 1 is 1.24 bits per heavy atom. The van der Waals surface area contributed by atoms with E-state index in [1.54, 1.807) is 0 Å². The van der Waals surface area contributed by atoms with E-state index in [0.717, 1.165) is 32.0 Å².